The van der Waals surface area contributed by atoms with Crippen molar-refractivity contribution >= 4 is 5.91 Å². The molecular weight excluding hydrogens is 188 g/mol. The van der Waals surface area contributed by atoms with E-state index in [1.807, 2.05) is 11.9 Å². The lowest BCUT2D eigenvalue weighted by Gasteiger charge is -2.32. The molecule has 1 saturated carbocycles. The third kappa shape index (κ3) is 2.51. The van der Waals surface area contributed by atoms with Gasteiger partial charge in [0, 0.05) is 19.6 Å². The summed E-state index contributed by atoms with van der Waals surface area (Å²) in [6.07, 6.45) is 8.34. The zero-order valence-corrected chi connectivity index (χ0v) is 9.61. The second-order valence-corrected chi connectivity index (χ2v) is 4.81. The highest BCUT2D eigenvalue weighted by molar-refractivity contribution is 5.82. The van der Waals surface area contributed by atoms with Crippen LogP contribution in [0, 0.1) is 0 Å². The van der Waals surface area contributed by atoms with Crippen molar-refractivity contribution in [2.45, 2.75) is 57.0 Å². The van der Waals surface area contributed by atoms with Crippen molar-refractivity contribution in [1.29, 1.82) is 0 Å². The minimum atomic E-state index is -0.0167. The van der Waals surface area contributed by atoms with Crippen LogP contribution in [0.4, 0.5) is 0 Å². The van der Waals surface area contributed by atoms with Crippen molar-refractivity contribution in [3.63, 3.8) is 0 Å². The maximum absolute atomic E-state index is 12.1. The highest BCUT2D eigenvalue weighted by Gasteiger charge is 2.30. The van der Waals surface area contributed by atoms with Crippen LogP contribution in [-0.4, -0.2) is 36.5 Å². The van der Waals surface area contributed by atoms with Gasteiger partial charge in [-0.15, -0.1) is 0 Å². The van der Waals surface area contributed by atoms with Gasteiger partial charge in [-0.3, -0.25) is 4.79 Å². The summed E-state index contributed by atoms with van der Waals surface area (Å²) in [6.45, 7) is 0.884. The summed E-state index contributed by atoms with van der Waals surface area (Å²) < 4.78 is 0. The molecule has 3 nitrogen and oxygen atoms in total. The lowest BCUT2D eigenvalue weighted by Crippen LogP contribution is -2.45. The first kappa shape index (κ1) is 10.9. The zero-order valence-electron chi connectivity index (χ0n) is 9.61. The van der Waals surface area contributed by atoms with Crippen LogP contribution in [0.5, 0.6) is 0 Å². The number of carbonyl (C=O) groups is 1. The Labute approximate surface area is 92.2 Å². The second kappa shape index (κ2) is 4.97. The van der Waals surface area contributed by atoms with Crippen molar-refractivity contribution in [2.24, 2.45) is 0 Å². The van der Waals surface area contributed by atoms with Gasteiger partial charge in [0.25, 0.3) is 0 Å². The SMILES string of the molecule is CN(C(=O)C1CCC[N]1)C1CCCCC1. The molecule has 1 radical (unpaired) electrons. The highest BCUT2D eigenvalue weighted by Crippen LogP contribution is 2.23. The van der Waals surface area contributed by atoms with Gasteiger partial charge in [0.1, 0.15) is 6.04 Å². The third-order valence-electron chi connectivity index (χ3n) is 3.74. The fraction of sp³-hybridized carbons (Fsp3) is 0.917. The average Bonchev–Trinajstić information content (AvgIpc) is 2.82. The van der Waals surface area contributed by atoms with Gasteiger partial charge in [0.15, 0.2) is 0 Å². The number of hydrogen-bond donors (Lipinski definition) is 0. The summed E-state index contributed by atoms with van der Waals surface area (Å²) in [5.74, 6) is 0.263. The van der Waals surface area contributed by atoms with E-state index < -0.39 is 0 Å². The van der Waals surface area contributed by atoms with E-state index in [1.165, 1.54) is 32.1 Å². The van der Waals surface area contributed by atoms with Crippen LogP contribution < -0.4 is 5.32 Å². The van der Waals surface area contributed by atoms with Gasteiger partial charge < -0.3 is 4.90 Å². The van der Waals surface area contributed by atoms with Crippen LogP contribution >= 0.6 is 0 Å². The standard InChI is InChI=1S/C12H21N2O/c1-14(10-6-3-2-4-7-10)12(15)11-8-5-9-13-11/h10-11H,2-9H2,1H3. The summed E-state index contributed by atoms with van der Waals surface area (Å²) in [6, 6.07) is 0.471. The first-order chi connectivity index (χ1) is 7.29. The Bertz CT molecular complexity index is 218. The Morgan fingerprint density at radius 3 is 2.47 bits per heavy atom. The molecule has 85 valence electrons. The molecule has 0 aromatic rings. The number of nitrogens with zero attached hydrogens (tertiary/aromatic N) is 2. The summed E-state index contributed by atoms with van der Waals surface area (Å²) in [4.78, 5) is 14.0. The maximum Gasteiger partial charge on any atom is 0.241 e. The van der Waals surface area contributed by atoms with Gasteiger partial charge in [-0.05, 0) is 25.7 Å². The monoisotopic (exact) mass is 209 g/mol. The maximum atomic E-state index is 12.1. The van der Waals surface area contributed by atoms with Gasteiger partial charge in [-0.1, -0.05) is 19.3 Å². The molecule has 1 heterocycles. The molecule has 0 bridgehead atoms. The van der Waals surface area contributed by atoms with E-state index in [-0.39, 0.29) is 11.9 Å². The van der Waals surface area contributed by atoms with Crippen molar-refractivity contribution in [1.82, 2.24) is 10.2 Å². The first-order valence-corrected chi connectivity index (χ1v) is 6.22. The van der Waals surface area contributed by atoms with E-state index in [9.17, 15) is 4.79 Å². The molecule has 0 aromatic heterocycles. The van der Waals surface area contributed by atoms with Crippen LogP contribution in [0.15, 0.2) is 0 Å². The van der Waals surface area contributed by atoms with E-state index in [4.69, 9.17) is 0 Å². The van der Waals surface area contributed by atoms with E-state index in [2.05, 4.69) is 5.32 Å². The fourth-order valence-corrected chi connectivity index (χ4v) is 2.71. The molecule has 2 aliphatic rings. The molecular formula is C12H21N2O. The summed E-state index contributed by atoms with van der Waals surface area (Å²) in [5, 5.41) is 4.36. The van der Waals surface area contributed by atoms with Crippen LogP contribution in [0.2, 0.25) is 0 Å². The third-order valence-corrected chi connectivity index (χ3v) is 3.74. The summed E-state index contributed by atoms with van der Waals surface area (Å²) >= 11 is 0. The molecule has 0 spiro atoms. The Morgan fingerprint density at radius 1 is 1.13 bits per heavy atom. The Hall–Kier alpha value is -0.570. The van der Waals surface area contributed by atoms with E-state index in [1.54, 1.807) is 0 Å². The lowest BCUT2D eigenvalue weighted by molar-refractivity contribution is -0.134. The van der Waals surface area contributed by atoms with Crippen molar-refractivity contribution in [2.75, 3.05) is 13.6 Å². The van der Waals surface area contributed by atoms with Gasteiger partial charge in [-0.2, -0.15) is 0 Å². The molecule has 1 saturated heterocycles. The molecule has 1 atom stereocenters. The van der Waals surface area contributed by atoms with Crippen molar-refractivity contribution in [3.05, 3.63) is 0 Å². The van der Waals surface area contributed by atoms with Gasteiger partial charge >= 0.3 is 0 Å². The Morgan fingerprint density at radius 2 is 1.87 bits per heavy atom. The Balaban J connectivity index is 1.87. The summed E-state index contributed by atoms with van der Waals surface area (Å²) in [7, 11) is 1.96. The highest BCUT2D eigenvalue weighted by atomic mass is 16.2. The molecule has 2 rings (SSSR count). The molecule has 2 fully saturated rings. The molecule has 0 aromatic carbocycles. The van der Waals surface area contributed by atoms with Crippen LogP contribution in [0.1, 0.15) is 44.9 Å². The number of likely N-dealkylation sites (N-methyl/N-ethyl adjacent to an activating group) is 1. The number of amides is 1. The molecule has 1 aliphatic carbocycles. The second-order valence-electron chi connectivity index (χ2n) is 4.81. The molecule has 1 unspecified atom stereocenters. The smallest absolute Gasteiger partial charge is 0.241 e. The molecule has 3 heteroatoms. The lowest BCUT2D eigenvalue weighted by atomic mass is 9.94. The van der Waals surface area contributed by atoms with E-state index in [0.29, 0.717) is 6.04 Å². The number of rotatable bonds is 2. The van der Waals surface area contributed by atoms with Gasteiger partial charge in [0.2, 0.25) is 5.91 Å². The minimum Gasteiger partial charge on any atom is -0.341 e. The van der Waals surface area contributed by atoms with Gasteiger partial charge in [-0.25, -0.2) is 5.32 Å². The van der Waals surface area contributed by atoms with Crippen molar-refractivity contribution < 1.29 is 4.79 Å². The summed E-state index contributed by atoms with van der Waals surface area (Å²) in [5.41, 5.74) is 0. The molecule has 1 aliphatic heterocycles. The van der Waals surface area contributed by atoms with E-state index in [0.717, 1.165) is 19.4 Å². The van der Waals surface area contributed by atoms with E-state index >= 15 is 0 Å². The zero-order chi connectivity index (χ0) is 10.7. The van der Waals surface area contributed by atoms with Crippen LogP contribution in [-0.2, 0) is 4.79 Å². The van der Waals surface area contributed by atoms with Crippen LogP contribution in [0.3, 0.4) is 0 Å². The largest absolute Gasteiger partial charge is 0.341 e. The fourth-order valence-electron chi connectivity index (χ4n) is 2.71. The normalized spacial score (nSPS) is 27.9. The molecule has 1 amide bonds. The predicted octanol–water partition coefficient (Wildman–Crippen LogP) is 1.54. The quantitative estimate of drug-likeness (QED) is 0.679. The number of hydrogen-bond acceptors (Lipinski definition) is 1. The van der Waals surface area contributed by atoms with Gasteiger partial charge in [0.05, 0.1) is 0 Å². The Kier molecular flexibility index (Phi) is 3.62. The number of carbonyl (C=O) groups excluding carboxylic acids is 1. The minimum absolute atomic E-state index is 0.0167. The van der Waals surface area contributed by atoms with Crippen molar-refractivity contribution in [3.8, 4) is 0 Å². The topological polar surface area (TPSA) is 34.4 Å². The van der Waals surface area contributed by atoms with Crippen LogP contribution in [0.25, 0.3) is 0 Å². The molecule has 15 heavy (non-hydrogen) atoms. The average molecular weight is 209 g/mol. The first-order valence-electron chi connectivity index (χ1n) is 6.22. The molecule has 0 N–H and O–H groups in total. The predicted molar refractivity (Wildman–Crippen MR) is 59.7 cm³/mol.